The first-order valence-electron chi connectivity index (χ1n) is 8.73. The summed E-state index contributed by atoms with van der Waals surface area (Å²) in [6, 6.07) is 14.1. The second-order valence-electron chi connectivity index (χ2n) is 6.60. The van der Waals surface area contributed by atoms with E-state index in [-0.39, 0.29) is 12.1 Å². The summed E-state index contributed by atoms with van der Waals surface area (Å²) in [4.78, 5) is 11.2. The SMILES string of the molecule is COC(=O)c1ccccc1.CS(=O)(=O)c1ccc2c(c1)C1OCC[C@H]1CN2. The molecule has 27 heavy (non-hydrogen) atoms. The summed E-state index contributed by atoms with van der Waals surface area (Å²) >= 11 is 0. The van der Waals surface area contributed by atoms with Crippen LogP contribution in [0.15, 0.2) is 53.4 Å². The zero-order chi connectivity index (χ0) is 19.4. The average Bonchev–Trinajstić information content (AvgIpc) is 3.17. The summed E-state index contributed by atoms with van der Waals surface area (Å²) < 4.78 is 33.3. The minimum atomic E-state index is -3.15. The van der Waals surface area contributed by atoms with Crippen LogP contribution < -0.4 is 5.32 Å². The van der Waals surface area contributed by atoms with E-state index in [0.717, 1.165) is 30.8 Å². The van der Waals surface area contributed by atoms with Crippen molar-refractivity contribution in [2.75, 3.05) is 31.8 Å². The summed E-state index contributed by atoms with van der Waals surface area (Å²) in [5, 5.41) is 3.34. The first-order valence-corrected chi connectivity index (χ1v) is 10.6. The zero-order valence-electron chi connectivity index (χ0n) is 15.3. The normalized spacial score (nSPS) is 20.4. The van der Waals surface area contributed by atoms with Crippen LogP contribution >= 0.6 is 0 Å². The number of carbonyl (C=O) groups is 1. The van der Waals surface area contributed by atoms with Crippen LogP contribution in [-0.4, -0.2) is 40.9 Å². The van der Waals surface area contributed by atoms with Gasteiger partial charge >= 0.3 is 5.97 Å². The maximum absolute atomic E-state index is 11.5. The molecule has 2 aliphatic rings. The molecule has 0 aromatic heterocycles. The van der Waals surface area contributed by atoms with Crippen LogP contribution in [-0.2, 0) is 19.3 Å². The maximum atomic E-state index is 11.5. The van der Waals surface area contributed by atoms with Crippen LogP contribution in [0.3, 0.4) is 0 Å². The Morgan fingerprint density at radius 1 is 1.19 bits per heavy atom. The number of esters is 1. The van der Waals surface area contributed by atoms with Gasteiger partial charge in [0.2, 0.25) is 0 Å². The molecule has 144 valence electrons. The number of nitrogens with one attached hydrogen (secondary N) is 1. The van der Waals surface area contributed by atoms with Gasteiger partial charge in [0.15, 0.2) is 9.84 Å². The molecule has 1 saturated heterocycles. The van der Waals surface area contributed by atoms with E-state index < -0.39 is 9.84 Å². The molecular weight excluding hydrogens is 366 g/mol. The Hall–Kier alpha value is -2.38. The highest BCUT2D eigenvalue weighted by Crippen LogP contribution is 2.42. The van der Waals surface area contributed by atoms with E-state index in [1.54, 1.807) is 36.4 Å². The number of carbonyl (C=O) groups excluding carboxylic acids is 1. The molecule has 2 aromatic carbocycles. The molecule has 0 spiro atoms. The Morgan fingerprint density at radius 2 is 1.93 bits per heavy atom. The van der Waals surface area contributed by atoms with Crippen LogP contribution in [0.4, 0.5) is 5.69 Å². The molecule has 0 saturated carbocycles. The number of ether oxygens (including phenoxy) is 2. The van der Waals surface area contributed by atoms with Gasteiger partial charge in [0, 0.05) is 36.6 Å². The lowest BCUT2D eigenvalue weighted by Crippen LogP contribution is -2.24. The van der Waals surface area contributed by atoms with Crippen LogP contribution in [0.1, 0.15) is 28.4 Å². The molecule has 1 N–H and O–H groups in total. The Morgan fingerprint density at radius 3 is 2.59 bits per heavy atom. The molecule has 6 nitrogen and oxygen atoms in total. The number of benzene rings is 2. The predicted molar refractivity (Wildman–Crippen MR) is 103 cm³/mol. The smallest absolute Gasteiger partial charge is 0.337 e. The first-order chi connectivity index (χ1) is 12.9. The quantitative estimate of drug-likeness (QED) is 0.795. The van der Waals surface area contributed by atoms with Crippen molar-refractivity contribution >= 4 is 21.5 Å². The fraction of sp³-hybridized carbons (Fsp3) is 0.350. The molecule has 2 atom stereocenters. The standard InChI is InChI=1S/C12H15NO3S.C8H8O2/c1-17(14,15)9-2-3-11-10(6-9)12-8(7-13-11)4-5-16-12;1-10-8(9)7-5-3-2-4-6-7/h2-3,6,8,12-13H,4-5,7H2,1H3;2-6H,1H3/t8-,12?;/m0./s1. The second kappa shape index (κ2) is 8.10. The van der Waals surface area contributed by atoms with E-state index in [1.807, 2.05) is 12.1 Å². The molecule has 0 amide bonds. The summed E-state index contributed by atoms with van der Waals surface area (Å²) in [6.07, 6.45) is 2.34. The average molecular weight is 389 g/mol. The van der Waals surface area contributed by atoms with Gasteiger partial charge in [-0.05, 0) is 36.8 Å². The molecule has 7 heteroatoms. The van der Waals surface area contributed by atoms with Gasteiger partial charge in [-0.25, -0.2) is 13.2 Å². The number of hydrogen-bond acceptors (Lipinski definition) is 6. The van der Waals surface area contributed by atoms with E-state index in [2.05, 4.69) is 10.1 Å². The van der Waals surface area contributed by atoms with Crippen molar-refractivity contribution in [1.82, 2.24) is 0 Å². The highest BCUT2D eigenvalue weighted by Gasteiger charge is 2.34. The molecule has 0 radical (unpaired) electrons. The third-order valence-electron chi connectivity index (χ3n) is 4.72. The van der Waals surface area contributed by atoms with Gasteiger partial charge in [-0.1, -0.05) is 18.2 Å². The van der Waals surface area contributed by atoms with Gasteiger partial charge in [-0.15, -0.1) is 0 Å². The Balaban J connectivity index is 0.000000180. The van der Waals surface area contributed by atoms with Crippen molar-refractivity contribution < 1.29 is 22.7 Å². The van der Waals surface area contributed by atoms with Crippen molar-refractivity contribution in [2.45, 2.75) is 17.4 Å². The first kappa shape index (κ1) is 19.4. The Labute approximate surface area is 159 Å². The van der Waals surface area contributed by atoms with Crippen molar-refractivity contribution in [3.05, 3.63) is 59.7 Å². The summed E-state index contributed by atoms with van der Waals surface area (Å²) in [5.74, 6) is 0.179. The lowest BCUT2D eigenvalue weighted by Gasteiger charge is -2.28. The number of sulfone groups is 1. The van der Waals surface area contributed by atoms with Crippen molar-refractivity contribution in [3.63, 3.8) is 0 Å². The number of rotatable bonds is 2. The van der Waals surface area contributed by atoms with Crippen molar-refractivity contribution in [3.8, 4) is 0 Å². The van der Waals surface area contributed by atoms with Crippen molar-refractivity contribution in [2.24, 2.45) is 5.92 Å². The third-order valence-corrected chi connectivity index (χ3v) is 5.83. The van der Waals surface area contributed by atoms with Crippen LogP contribution in [0.5, 0.6) is 0 Å². The molecule has 1 fully saturated rings. The highest BCUT2D eigenvalue weighted by atomic mass is 32.2. The van der Waals surface area contributed by atoms with Gasteiger partial charge in [-0.3, -0.25) is 0 Å². The van der Waals surface area contributed by atoms with Gasteiger partial charge in [-0.2, -0.15) is 0 Å². The molecular formula is C20H23NO5S. The summed E-state index contributed by atoms with van der Waals surface area (Å²) in [7, 11) is -1.78. The molecule has 2 heterocycles. The molecule has 2 aromatic rings. The largest absolute Gasteiger partial charge is 0.465 e. The topological polar surface area (TPSA) is 81.7 Å². The lowest BCUT2D eigenvalue weighted by atomic mass is 9.91. The zero-order valence-corrected chi connectivity index (χ0v) is 16.2. The molecule has 0 bridgehead atoms. The van der Waals surface area contributed by atoms with E-state index in [1.165, 1.54) is 13.4 Å². The number of fused-ring (bicyclic) bond motifs is 3. The van der Waals surface area contributed by atoms with Gasteiger partial charge in [0.05, 0.1) is 23.7 Å². The van der Waals surface area contributed by atoms with Crippen LogP contribution in [0, 0.1) is 5.92 Å². The second-order valence-corrected chi connectivity index (χ2v) is 8.62. The molecule has 2 aliphatic heterocycles. The van der Waals surface area contributed by atoms with E-state index >= 15 is 0 Å². The fourth-order valence-electron chi connectivity index (χ4n) is 3.29. The van der Waals surface area contributed by atoms with Crippen LogP contribution in [0.25, 0.3) is 0 Å². The minimum absolute atomic E-state index is 0.0629. The lowest BCUT2D eigenvalue weighted by molar-refractivity contribution is 0.0600. The number of anilines is 1. The maximum Gasteiger partial charge on any atom is 0.337 e. The number of hydrogen-bond donors (Lipinski definition) is 1. The van der Waals surface area contributed by atoms with Gasteiger partial charge in [0.1, 0.15) is 0 Å². The van der Waals surface area contributed by atoms with E-state index in [0.29, 0.717) is 16.4 Å². The minimum Gasteiger partial charge on any atom is -0.465 e. The Kier molecular flexibility index (Phi) is 5.82. The van der Waals surface area contributed by atoms with Gasteiger partial charge < -0.3 is 14.8 Å². The molecule has 4 rings (SSSR count). The summed E-state index contributed by atoms with van der Waals surface area (Å²) in [6.45, 7) is 1.68. The van der Waals surface area contributed by atoms with Gasteiger partial charge in [0.25, 0.3) is 0 Å². The molecule has 1 unspecified atom stereocenters. The predicted octanol–water partition coefficient (Wildman–Crippen LogP) is 3.07. The fourth-order valence-corrected chi connectivity index (χ4v) is 3.94. The Bertz CT molecular complexity index is 911. The van der Waals surface area contributed by atoms with E-state index in [9.17, 15) is 13.2 Å². The monoisotopic (exact) mass is 389 g/mol. The summed E-state index contributed by atoms with van der Waals surface area (Å²) in [5.41, 5.74) is 2.58. The molecule has 0 aliphatic carbocycles. The van der Waals surface area contributed by atoms with Crippen molar-refractivity contribution in [1.29, 1.82) is 0 Å². The van der Waals surface area contributed by atoms with Crippen LogP contribution in [0.2, 0.25) is 0 Å². The number of methoxy groups -OCH3 is 1. The third kappa shape index (κ3) is 4.48. The highest BCUT2D eigenvalue weighted by molar-refractivity contribution is 7.90. The van der Waals surface area contributed by atoms with E-state index in [4.69, 9.17) is 4.74 Å².